The molecule has 0 saturated heterocycles. The molecule has 2 atom stereocenters. The van der Waals surface area contributed by atoms with Gasteiger partial charge in [-0.3, -0.25) is 0 Å². The SMILES string of the molecule is CCC(C)(OC)c1noc(C(CN)OC)n1. The molecule has 0 aliphatic heterocycles. The molecule has 1 aromatic rings. The number of hydrogen-bond donors (Lipinski definition) is 1. The molecule has 0 amide bonds. The second-order valence-electron chi connectivity index (χ2n) is 3.70. The average Bonchev–Trinajstić information content (AvgIpc) is 2.80. The highest BCUT2D eigenvalue weighted by Crippen LogP contribution is 2.26. The molecule has 92 valence electrons. The minimum atomic E-state index is -0.533. The summed E-state index contributed by atoms with van der Waals surface area (Å²) in [4.78, 5) is 4.26. The van der Waals surface area contributed by atoms with Crippen molar-refractivity contribution in [3.63, 3.8) is 0 Å². The lowest BCUT2D eigenvalue weighted by atomic mass is 10.0. The van der Waals surface area contributed by atoms with Crippen molar-refractivity contribution in [2.75, 3.05) is 20.8 Å². The van der Waals surface area contributed by atoms with Crippen LogP contribution in [0.2, 0.25) is 0 Å². The van der Waals surface area contributed by atoms with Crippen LogP contribution in [0.25, 0.3) is 0 Å². The van der Waals surface area contributed by atoms with Gasteiger partial charge in [0.2, 0.25) is 5.82 Å². The summed E-state index contributed by atoms with van der Waals surface area (Å²) < 4.78 is 15.6. The standard InChI is InChI=1S/C10H19N3O3/c1-5-10(2,15-4)9-12-8(16-13-9)7(6-11)14-3/h7H,5-6,11H2,1-4H3. The second-order valence-corrected chi connectivity index (χ2v) is 3.70. The van der Waals surface area contributed by atoms with Crippen molar-refractivity contribution in [1.29, 1.82) is 0 Å². The maximum absolute atomic E-state index is 5.51. The zero-order chi connectivity index (χ0) is 12.2. The minimum Gasteiger partial charge on any atom is -0.370 e. The summed E-state index contributed by atoms with van der Waals surface area (Å²) in [5.41, 5.74) is 4.98. The average molecular weight is 229 g/mol. The van der Waals surface area contributed by atoms with Gasteiger partial charge < -0.3 is 19.7 Å². The lowest BCUT2D eigenvalue weighted by Gasteiger charge is -2.21. The van der Waals surface area contributed by atoms with Gasteiger partial charge in [-0.05, 0) is 13.3 Å². The molecule has 6 nitrogen and oxygen atoms in total. The number of ether oxygens (including phenoxy) is 2. The van der Waals surface area contributed by atoms with Crippen molar-refractivity contribution in [2.45, 2.75) is 32.0 Å². The molecule has 0 fully saturated rings. The Balaban J connectivity index is 2.93. The Kier molecular flexibility index (Phi) is 4.40. The summed E-state index contributed by atoms with van der Waals surface area (Å²) in [6.07, 6.45) is 0.391. The molecule has 16 heavy (non-hydrogen) atoms. The zero-order valence-corrected chi connectivity index (χ0v) is 10.2. The molecule has 0 saturated carbocycles. The first kappa shape index (κ1) is 13.1. The van der Waals surface area contributed by atoms with Crippen LogP contribution in [-0.4, -0.2) is 30.9 Å². The largest absolute Gasteiger partial charge is 0.370 e. The van der Waals surface area contributed by atoms with Gasteiger partial charge in [0.25, 0.3) is 5.89 Å². The number of aromatic nitrogens is 2. The Morgan fingerprint density at radius 1 is 1.50 bits per heavy atom. The Bertz CT molecular complexity index is 319. The highest BCUT2D eigenvalue weighted by atomic mass is 16.5. The number of nitrogens with zero attached hydrogens (tertiary/aromatic N) is 2. The van der Waals surface area contributed by atoms with Crippen LogP contribution in [0.5, 0.6) is 0 Å². The van der Waals surface area contributed by atoms with Gasteiger partial charge in [-0.25, -0.2) is 0 Å². The topological polar surface area (TPSA) is 83.4 Å². The minimum absolute atomic E-state index is 0.300. The molecule has 0 aliphatic carbocycles. The van der Waals surface area contributed by atoms with Gasteiger partial charge in [0.05, 0.1) is 0 Å². The zero-order valence-electron chi connectivity index (χ0n) is 10.2. The molecule has 0 radical (unpaired) electrons. The van der Waals surface area contributed by atoms with Crippen molar-refractivity contribution in [2.24, 2.45) is 5.73 Å². The lowest BCUT2D eigenvalue weighted by Crippen LogP contribution is -2.25. The molecule has 1 rings (SSSR count). The van der Waals surface area contributed by atoms with Crippen LogP contribution in [-0.2, 0) is 15.1 Å². The summed E-state index contributed by atoms with van der Waals surface area (Å²) in [6.45, 7) is 4.20. The fourth-order valence-electron chi connectivity index (χ4n) is 1.27. The summed E-state index contributed by atoms with van der Waals surface area (Å²) in [5, 5.41) is 3.90. The van der Waals surface area contributed by atoms with Crippen LogP contribution in [0.1, 0.15) is 38.1 Å². The summed E-state index contributed by atoms with van der Waals surface area (Å²) >= 11 is 0. The van der Waals surface area contributed by atoms with Crippen LogP contribution in [0.15, 0.2) is 4.52 Å². The van der Waals surface area contributed by atoms with E-state index in [9.17, 15) is 0 Å². The molecular formula is C10H19N3O3. The molecule has 2 unspecified atom stereocenters. The van der Waals surface area contributed by atoms with Crippen LogP contribution >= 0.6 is 0 Å². The number of methoxy groups -OCH3 is 2. The second kappa shape index (κ2) is 5.38. The fourth-order valence-corrected chi connectivity index (χ4v) is 1.27. The molecule has 0 bridgehead atoms. The molecule has 2 N–H and O–H groups in total. The van der Waals surface area contributed by atoms with Gasteiger partial charge in [0, 0.05) is 20.8 Å². The first-order valence-corrected chi connectivity index (χ1v) is 5.23. The van der Waals surface area contributed by atoms with E-state index < -0.39 is 5.60 Å². The van der Waals surface area contributed by atoms with E-state index in [-0.39, 0.29) is 6.10 Å². The maximum atomic E-state index is 5.51. The van der Waals surface area contributed by atoms with E-state index in [1.54, 1.807) is 14.2 Å². The van der Waals surface area contributed by atoms with Crippen molar-refractivity contribution in [1.82, 2.24) is 10.1 Å². The third-order valence-corrected chi connectivity index (χ3v) is 2.81. The van der Waals surface area contributed by atoms with Gasteiger partial charge >= 0.3 is 0 Å². The Hall–Kier alpha value is -0.980. The molecule has 1 heterocycles. The molecule has 0 aromatic carbocycles. The highest BCUT2D eigenvalue weighted by molar-refractivity contribution is 5.00. The number of hydrogen-bond acceptors (Lipinski definition) is 6. The molecule has 1 aromatic heterocycles. The molecular weight excluding hydrogens is 210 g/mol. The number of nitrogens with two attached hydrogens (primary N) is 1. The fraction of sp³-hybridized carbons (Fsp3) is 0.800. The summed E-state index contributed by atoms with van der Waals surface area (Å²) in [7, 11) is 3.17. The highest BCUT2D eigenvalue weighted by Gasteiger charge is 2.31. The van der Waals surface area contributed by atoms with E-state index in [1.165, 1.54) is 0 Å². The van der Waals surface area contributed by atoms with E-state index in [4.69, 9.17) is 19.7 Å². The van der Waals surface area contributed by atoms with E-state index in [0.29, 0.717) is 18.3 Å². The molecule has 0 spiro atoms. The van der Waals surface area contributed by atoms with Crippen molar-refractivity contribution < 1.29 is 14.0 Å². The van der Waals surface area contributed by atoms with Crippen LogP contribution in [0.3, 0.4) is 0 Å². The van der Waals surface area contributed by atoms with E-state index >= 15 is 0 Å². The third kappa shape index (κ3) is 2.40. The van der Waals surface area contributed by atoms with Gasteiger partial charge in [-0.1, -0.05) is 12.1 Å². The normalized spacial score (nSPS) is 17.1. The van der Waals surface area contributed by atoms with E-state index in [1.807, 2.05) is 13.8 Å². The monoisotopic (exact) mass is 229 g/mol. The predicted octanol–water partition coefficient (Wildman–Crippen LogP) is 0.987. The summed E-state index contributed by atoms with van der Waals surface area (Å²) in [5.74, 6) is 0.903. The van der Waals surface area contributed by atoms with Gasteiger partial charge in [-0.2, -0.15) is 4.98 Å². The number of rotatable bonds is 6. The van der Waals surface area contributed by atoms with Crippen LogP contribution in [0.4, 0.5) is 0 Å². The van der Waals surface area contributed by atoms with Crippen LogP contribution in [0, 0.1) is 0 Å². The first-order chi connectivity index (χ1) is 7.61. The Morgan fingerprint density at radius 2 is 2.19 bits per heavy atom. The van der Waals surface area contributed by atoms with Crippen molar-refractivity contribution in [3.8, 4) is 0 Å². The molecule has 0 aliphatic rings. The Morgan fingerprint density at radius 3 is 2.62 bits per heavy atom. The van der Waals surface area contributed by atoms with Gasteiger partial charge in [0.1, 0.15) is 11.7 Å². The maximum Gasteiger partial charge on any atom is 0.257 e. The predicted molar refractivity (Wildman–Crippen MR) is 57.8 cm³/mol. The third-order valence-electron chi connectivity index (χ3n) is 2.81. The van der Waals surface area contributed by atoms with Gasteiger partial charge in [-0.15, -0.1) is 0 Å². The molecule has 6 heteroatoms. The van der Waals surface area contributed by atoms with Crippen molar-refractivity contribution >= 4 is 0 Å². The summed E-state index contributed by atoms with van der Waals surface area (Å²) in [6, 6.07) is 0. The first-order valence-electron chi connectivity index (χ1n) is 5.23. The smallest absolute Gasteiger partial charge is 0.257 e. The quantitative estimate of drug-likeness (QED) is 0.783. The lowest BCUT2D eigenvalue weighted by molar-refractivity contribution is -0.0106. The Labute approximate surface area is 95.1 Å². The van der Waals surface area contributed by atoms with E-state index in [2.05, 4.69) is 10.1 Å². The van der Waals surface area contributed by atoms with Gasteiger partial charge in [0.15, 0.2) is 0 Å². The van der Waals surface area contributed by atoms with Crippen molar-refractivity contribution in [3.05, 3.63) is 11.7 Å². The van der Waals surface area contributed by atoms with Crippen LogP contribution < -0.4 is 5.73 Å². The van der Waals surface area contributed by atoms with E-state index in [0.717, 1.165) is 6.42 Å².